The van der Waals surface area contributed by atoms with Crippen LogP contribution in [0.1, 0.15) is 29.2 Å². The van der Waals surface area contributed by atoms with E-state index in [9.17, 15) is 14.7 Å². The Morgan fingerprint density at radius 1 is 1.47 bits per heavy atom. The summed E-state index contributed by atoms with van der Waals surface area (Å²) >= 11 is 5.68. The molecular formula is C12H13ClO4. The highest BCUT2D eigenvalue weighted by Gasteiger charge is 2.19. The lowest BCUT2D eigenvalue weighted by Crippen LogP contribution is -2.13. The summed E-state index contributed by atoms with van der Waals surface area (Å²) in [5, 5.41) is 18.3. The molecule has 0 spiro atoms. The lowest BCUT2D eigenvalue weighted by molar-refractivity contribution is -0.147. The molecule has 0 saturated carbocycles. The normalized spacial score (nSPS) is 12.1. The van der Waals surface area contributed by atoms with E-state index in [1.165, 1.54) is 6.07 Å². The molecule has 0 aliphatic rings. The number of carbonyl (C=O) groups is 2. The predicted octanol–water partition coefficient (Wildman–Crippen LogP) is 1.67. The molecule has 1 aromatic carbocycles. The van der Waals surface area contributed by atoms with Crippen LogP contribution in [0.15, 0.2) is 18.2 Å². The average Bonchev–Trinajstić information content (AvgIpc) is 2.34. The zero-order chi connectivity index (χ0) is 12.8. The van der Waals surface area contributed by atoms with Crippen molar-refractivity contribution < 1.29 is 19.8 Å². The summed E-state index contributed by atoms with van der Waals surface area (Å²) in [7, 11) is 0. The van der Waals surface area contributed by atoms with Crippen molar-refractivity contribution in [3.63, 3.8) is 0 Å². The molecule has 0 radical (unpaired) electrons. The topological polar surface area (TPSA) is 74.6 Å². The first-order valence-electron chi connectivity index (χ1n) is 5.12. The van der Waals surface area contributed by atoms with Gasteiger partial charge >= 0.3 is 5.97 Å². The SMILES string of the molecule is O=CCCc1cc(CCl)ccc1C(O)C(=O)O. The fourth-order valence-electron chi connectivity index (χ4n) is 1.57. The van der Waals surface area contributed by atoms with E-state index in [0.29, 0.717) is 23.4 Å². The van der Waals surface area contributed by atoms with Gasteiger partial charge in [0.15, 0.2) is 6.10 Å². The number of halogens is 1. The number of hydrogen-bond acceptors (Lipinski definition) is 3. The second-order valence-corrected chi connectivity index (χ2v) is 3.88. The summed E-state index contributed by atoms with van der Waals surface area (Å²) < 4.78 is 0. The number of aliphatic hydroxyl groups is 1. The van der Waals surface area contributed by atoms with E-state index in [0.717, 1.165) is 11.8 Å². The summed E-state index contributed by atoms with van der Waals surface area (Å²) in [4.78, 5) is 21.1. The Kier molecular flexibility index (Phi) is 5.12. The quantitative estimate of drug-likeness (QED) is 0.600. The Hall–Kier alpha value is -1.39. The number of rotatable bonds is 6. The number of aldehydes is 1. The van der Waals surface area contributed by atoms with Crippen molar-refractivity contribution in [1.29, 1.82) is 0 Å². The van der Waals surface area contributed by atoms with Gasteiger partial charge in [-0.3, -0.25) is 0 Å². The molecule has 1 atom stereocenters. The van der Waals surface area contributed by atoms with Crippen molar-refractivity contribution in [2.45, 2.75) is 24.8 Å². The molecule has 0 aliphatic heterocycles. The van der Waals surface area contributed by atoms with Crippen molar-refractivity contribution in [2.24, 2.45) is 0 Å². The molecule has 0 aliphatic carbocycles. The van der Waals surface area contributed by atoms with Crippen LogP contribution in [0.2, 0.25) is 0 Å². The van der Waals surface area contributed by atoms with Gasteiger partial charge in [0.05, 0.1) is 0 Å². The van der Waals surface area contributed by atoms with Crippen LogP contribution in [0.25, 0.3) is 0 Å². The molecule has 1 rings (SSSR count). The highest BCUT2D eigenvalue weighted by atomic mass is 35.5. The first-order valence-corrected chi connectivity index (χ1v) is 5.65. The minimum Gasteiger partial charge on any atom is -0.479 e. The number of hydrogen-bond donors (Lipinski definition) is 2. The Bertz CT molecular complexity index is 417. The van der Waals surface area contributed by atoms with Gasteiger partial charge in [0.1, 0.15) is 6.29 Å². The summed E-state index contributed by atoms with van der Waals surface area (Å²) in [6, 6.07) is 4.92. The van der Waals surface area contributed by atoms with Crippen molar-refractivity contribution in [1.82, 2.24) is 0 Å². The molecule has 92 valence electrons. The second kappa shape index (κ2) is 6.37. The molecule has 0 fully saturated rings. The van der Waals surface area contributed by atoms with E-state index in [1.54, 1.807) is 12.1 Å². The van der Waals surface area contributed by atoms with E-state index < -0.39 is 12.1 Å². The van der Waals surface area contributed by atoms with E-state index in [-0.39, 0.29) is 6.42 Å². The standard InChI is InChI=1S/C12H13ClO4/c13-7-8-3-4-10(11(15)12(16)17)9(6-8)2-1-5-14/h3-6,11,15H,1-2,7H2,(H,16,17). The number of carboxylic acids is 1. The Morgan fingerprint density at radius 3 is 2.71 bits per heavy atom. The van der Waals surface area contributed by atoms with E-state index >= 15 is 0 Å². The average molecular weight is 257 g/mol. The Morgan fingerprint density at radius 2 is 2.18 bits per heavy atom. The van der Waals surface area contributed by atoms with Gasteiger partial charge in [-0.1, -0.05) is 18.2 Å². The largest absolute Gasteiger partial charge is 0.479 e. The van der Waals surface area contributed by atoms with E-state index in [4.69, 9.17) is 16.7 Å². The predicted molar refractivity (Wildman–Crippen MR) is 63.0 cm³/mol. The van der Waals surface area contributed by atoms with Crippen LogP contribution in [0.4, 0.5) is 0 Å². The highest BCUT2D eigenvalue weighted by molar-refractivity contribution is 6.17. The van der Waals surface area contributed by atoms with Crippen LogP contribution >= 0.6 is 11.6 Å². The van der Waals surface area contributed by atoms with Gasteiger partial charge in [0.25, 0.3) is 0 Å². The van der Waals surface area contributed by atoms with Crippen molar-refractivity contribution in [3.8, 4) is 0 Å². The number of benzene rings is 1. The fourth-order valence-corrected chi connectivity index (χ4v) is 1.74. The third-order valence-corrected chi connectivity index (χ3v) is 2.73. The van der Waals surface area contributed by atoms with Crippen molar-refractivity contribution in [3.05, 3.63) is 34.9 Å². The lowest BCUT2D eigenvalue weighted by Gasteiger charge is -2.12. The molecule has 2 N–H and O–H groups in total. The van der Waals surface area contributed by atoms with Gasteiger partial charge < -0.3 is 15.0 Å². The zero-order valence-electron chi connectivity index (χ0n) is 9.10. The molecule has 4 nitrogen and oxygen atoms in total. The minimum atomic E-state index is -1.57. The lowest BCUT2D eigenvalue weighted by atomic mass is 9.97. The monoisotopic (exact) mass is 256 g/mol. The maximum absolute atomic E-state index is 10.7. The zero-order valence-corrected chi connectivity index (χ0v) is 9.85. The fraction of sp³-hybridized carbons (Fsp3) is 0.333. The molecule has 1 unspecified atom stereocenters. The molecule has 0 heterocycles. The highest BCUT2D eigenvalue weighted by Crippen LogP contribution is 2.22. The maximum atomic E-state index is 10.7. The van der Waals surface area contributed by atoms with Crippen molar-refractivity contribution in [2.75, 3.05) is 0 Å². The molecule has 0 aromatic heterocycles. The first kappa shape index (κ1) is 13.7. The van der Waals surface area contributed by atoms with Crippen LogP contribution in [0.3, 0.4) is 0 Å². The van der Waals surface area contributed by atoms with Gasteiger partial charge in [-0.25, -0.2) is 4.79 Å². The number of carboxylic acid groups (broad SMARTS) is 1. The summed E-state index contributed by atoms with van der Waals surface area (Å²) in [5.74, 6) is -1.01. The Labute approximate surface area is 104 Å². The Balaban J connectivity index is 3.09. The second-order valence-electron chi connectivity index (χ2n) is 3.61. The first-order chi connectivity index (χ1) is 8.10. The van der Waals surface area contributed by atoms with Crippen LogP contribution in [-0.2, 0) is 21.9 Å². The van der Waals surface area contributed by atoms with Gasteiger partial charge in [0.2, 0.25) is 0 Å². The van der Waals surface area contributed by atoms with Crippen LogP contribution in [0, 0.1) is 0 Å². The summed E-state index contributed by atoms with van der Waals surface area (Å²) in [6.07, 6.45) is -0.135. The third kappa shape index (κ3) is 3.54. The molecule has 0 amide bonds. The van der Waals surface area contributed by atoms with Crippen LogP contribution in [-0.4, -0.2) is 22.5 Å². The molecule has 5 heteroatoms. The smallest absolute Gasteiger partial charge is 0.337 e. The van der Waals surface area contributed by atoms with Gasteiger partial charge in [-0.2, -0.15) is 0 Å². The molecular weight excluding hydrogens is 244 g/mol. The van der Waals surface area contributed by atoms with Gasteiger partial charge in [0, 0.05) is 12.3 Å². The van der Waals surface area contributed by atoms with Crippen LogP contribution in [0.5, 0.6) is 0 Å². The molecule has 0 bridgehead atoms. The number of carbonyl (C=O) groups excluding carboxylic acids is 1. The van der Waals surface area contributed by atoms with Gasteiger partial charge in [-0.05, 0) is 23.1 Å². The minimum absolute atomic E-state index is 0.283. The molecule has 1 aromatic rings. The summed E-state index contributed by atoms with van der Waals surface area (Å²) in [5.41, 5.74) is 1.78. The third-order valence-electron chi connectivity index (χ3n) is 2.42. The molecule has 0 saturated heterocycles. The number of aliphatic hydroxyl groups excluding tert-OH is 1. The number of alkyl halides is 1. The van der Waals surface area contributed by atoms with Crippen LogP contribution < -0.4 is 0 Å². The molecule has 17 heavy (non-hydrogen) atoms. The van der Waals surface area contributed by atoms with E-state index in [2.05, 4.69) is 0 Å². The number of aryl methyl sites for hydroxylation is 1. The summed E-state index contributed by atoms with van der Waals surface area (Å²) in [6.45, 7) is 0. The van der Waals surface area contributed by atoms with Crippen molar-refractivity contribution >= 4 is 23.9 Å². The maximum Gasteiger partial charge on any atom is 0.337 e. The number of aliphatic carboxylic acids is 1. The van der Waals surface area contributed by atoms with E-state index in [1.807, 2.05) is 0 Å². The van der Waals surface area contributed by atoms with Gasteiger partial charge in [-0.15, -0.1) is 11.6 Å².